The normalized spacial score (nSPS) is 10.4. The molecule has 1 N–H and O–H groups in total. The predicted octanol–water partition coefficient (Wildman–Crippen LogP) is 3.80. The number of nitrogens with zero attached hydrogens (tertiary/aromatic N) is 2. The minimum absolute atomic E-state index is 0.0762. The molecule has 26 heavy (non-hydrogen) atoms. The molecule has 2 aromatic rings. The van der Waals surface area contributed by atoms with E-state index in [4.69, 9.17) is 26.3 Å². The van der Waals surface area contributed by atoms with Crippen LogP contribution in [0.2, 0.25) is 5.02 Å². The number of nitriles is 2. The van der Waals surface area contributed by atoms with Gasteiger partial charge in [0.25, 0.3) is 5.91 Å². The fourth-order valence-electron chi connectivity index (χ4n) is 2.05. The number of nitrogens with one attached hydrogen (secondary N) is 1. The largest absolute Gasteiger partial charge is 0.493 e. The first kappa shape index (κ1) is 18.9. The average molecular weight is 368 g/mol. The van der Waals surface area contributed by atoms with Gasteiger partial charge in [-0.25, -0.2) is 0 Å². The van der Waals surface area contributed by atoms with Gasteiger partial charge in [0.2, 0.25) is 0 Å². The van der Waals surface area contributed by atoms with E-state index >= 15 is 0 Å². The van der Waals surface area contributed by atoms with Crippen LogP contribution in [-0.2, 0) is 4.79 Å². The summed E-state index contributed by atoms with van der Waals surface area (Å²) in [7, 11) is 1.46. The van der Waals surface area contributed by atoms with E-state index in [0.29, 0.717) is 27.8 Å². The quantitative estimate of drug-likeness (QED) is 0.619. The highest BCUT2D eigenvalue weighted by Crippen LogP contribution is 2.29. The van der Waals surface area contributed by atoms with Crippen LogP contribution in [0, 0.1) is 22.7 Å². The van der Waals surface area contributed by atoms with Gasteiger partial charge in [0.1, 0.15) is 17.7 Å². The highest BCUT2D eigenvalue weighted by Gasteiger charge is 2.11. The van der Waals surface area contributed by atoms with Crippen LogP contribution in [0.3, 0.4) is 0 Å². The molecule has 0 heterocycles. The number of amides is 1. The van der Waals surface area contributed by atoms with Gasteiger partial charge in [-0.15, -0.1) is 0 Å². The van der Waals surface area contributed by atoms with Crippen molar-refractivity contribution in [1.29, 1.82) is 10.5 Å². The Morgan fingerprint density at radius 3 is 2.54 bits per heavy atom. The van der Waals surface area contributed by atoms with E-state index in [-0.39, 0.29) is 12.2 Å². The number of ether oxygens (including phenoxy) is 2. The lowest BCUT2D eigenvalue weighted by atomic mass is 10.1. The van der Waals surface area contributed by atoms with Crippen molar-refractivity contribution >= 4 is 29.3 Å². The van der Waals surface area contributed by atoms with Gasteiger partial charge < -0.3 is 14.8 Å². The Kier molecular flexibility index (Phi) is 6.61. The van der Waals surface area contributed by atoms with Crippen molar-refractivity contribution in [1.82, 2.24) is 0 Å². The Hall–Kier alpha value is -3.48. The van der Waals surface area contributed by atoms with Crippen LogP contribution in [0.25, 0.3) is 6.08 Å². The fraction of sp³-hybridized carbons (Fsp3) is 0.105. The van der Waals surface area contributed by atoms with Crippen molar-refractivity contribution in [2.24, 2.45) is 0 Å². The van der Waals surface area contributed by atoms with Crippen molar-refractivity contribution < 1.29 is 14.3 Å². The van der Waals surface area contributed by atoms with E-state index < -0.39 is 5.91 Å². The van der Waals surface area contributed by atoms with E-state index in [9.17, 15) is 10.1 Å². The number of rotatable bonds is 6. The summed E-state index contributed by atoms with van der Waals surface area (Å²) in [4.78, 5) is 12.3. The first-order chi connectivity index (χ1) is 12.6. The van der Waals surface area contributed by atoms with Crippen LogP contribution >= 0.6 is 11.6 Å². The Labute approximate surface area is 155 Å². The minimum atomic E-state index is -0.543. The van der Waals surface area contributed by atoms with E-state index in [1.165, 1.54) is 13.2 Å². The maximum Gasteiger partial charge on any atom is 0.266 e. The van der Waals surface area contributed by atoms with Gasteiger partial charge in [-0.1, -0.05) is 17.7 Å². The molecule has 2 rings (SSSR count). The molecule has 0 fully saturated rings. The average Bonchev–Trinajstić information content (AvgIpc) is 2.66. The predicted molar refractivity (Wildman–Crippen MR) is 97.8 cm³/mol. The summed E-state index contributed by atoms with van der Waals surface area (Å²) in [6.07, 6.45) is 1.43. The number of carbonyl (C=O) groups excluding carboxylic acids is 1. The summed E-state index contributed by atoms with van der Waals surface area (Å²) in [5.74, 6) is 0.248. The number of carbonyl (C=O) groups is 1. The van der Waals surface area contributed by atoms with Crippen LogP contribution in [0.15, 0.2) is 48.0 Å². The van der Waals surface area contributed by atoms with Gasteiger partial charge in [0, 0.05) is 10.7 Å². The van der Waals surface area contributed by atoms with Gasteiger partial charge in [-0.3, -0.25) is 4.79 Å². The van der Waals surface area contributed by atoms with Crippen molar-refractivity contribution in [3.8, 4) is 23.6 Å². The van der Waals surface area contributed by atoms with E-state index in [2.05, 4.69) is 5.32 Å². The maximum atomic E-state index is 12.3. The van der Waals surface area contributed by atoms with Gasteiger partial charge in [-0.2, -0.15) is 10.5 Å². The maximum absolute atomic E-state index is 12.3. The van der Waals surface area contributed by atoms with E-state index in [0.717, 1.165) is 0 Å². The zero-order valence-corrected chi connectivity index (χ0v) is 14.6. The molecule has 0 atom stereocenters. The first-order valence-corrected chi connectivity index (χ1v) is 7.81. The van der Waals surface area contributed by atoms with Crippen LogP contribution in [-0.4, -0.2) is 19.6 Å². The van der Waals surface area contributed by atoms with Gasteiger partial charge in [0.05, 0.1) is 7.11 Å². The molecule has 1 amide bonds. The monoisotopic (exact) mass is 367 g/mol. The first-order valence-electron chi connectivity index (χ1n) is 7.44. The van der Waals surface area contributed by atoms with Crippen molar-refractivity contribution in [2.75, 3.05) is 19.0 Å². The minimum Gasteiger partial charge on any atom is -0.493 e. The lowest BCUT2D eigenvalue weighted by molar-refractivity contribution is -0.112. The Balaban J connectivity index is 2.22. The third-order valence-corrected chi connectivity index (χ3v) is 3.51. The summed E-state index contributed by atoms with van der Waals surface area (Å²) in [5, 5.41) is 21.0. The number of hydrogen-bond donors (Lipinski definition) is 1. The Morgan fingerprint density at radius 2 is 1.92 bits per heavy atom. The SMILES string of the molecule is COc1cc(/C=C(/C#N)C(=O)Nc2ccc(Cl)cc2)ccc1OCC#N. The van der Waals surface area contributed by atoms with Crippen LogP contribution in [0.4, 0.5) is 5.69 Å². The smallest absolute Gasteiger partial charge is 0.266 e. The molecule has 130 valence electrons. The second kappa shape index (κ2) is 9.12. The molecule has 0 aliphatic carbocycles. The third kappa shape index (κ3) is 5.01. The molecule has 0 radical (unpaired) electrons. The number of methoxy groups -OCH3 is 1. The molecule has 0 aliphatic heterocycles. The Morgan fingerprint density at radius 1 is 1.19 bits per heavy atom. The van der Waals surface area contributed by atoms with Gasteiger partial charge in [-0.05, 0) is 48.0 Å². The second-order valence-corrected chi connectivity index (χ2v) is 5.42. The number of hydrogen-bond acceptors (Lipinski definition) is 5. The molecule has 0 unspecified atom stereocenters. The van der Waals surface area contributed by atoms with Crippen molar-refractivity contribution in [3.05, 3.63) is 58.6 Å². The molecular formula is C19H14ClN3O3. The lowest BCUT2D eigenvalue weighted by Crippen LogP contribution is -2.13. The zero-order chi connectivity index (χ0) is 18.9. The lowest BCUT2D eigenvalue weighted by Gasteiger charge is -2.09. The van der Waals surface area contributed by atoms with E-state index in [1.807, 2.05) is 12.1 Å². The van der Waals surface area contributed by atoms with Gasteiger partial charge in [0.15, 0.2) is 18.1 Å². The molecule has 2 aromatic carbocycles. The number of anilines is 1. The summed E-state index contributed by atoms with van der Waals surface area (Å²) < 4.78 is 10.4. The third-order valence-electron chi connectivity index (χ3n) is 3.26. The fourth-order valence-corrected chi connectivity index (χ4v) is 2.18. The van der Waals surface area contributed by atoms with Gasteiger partial charge >= 0.3 is 0 Å². The zero-order valence-electron chi connectivity index (χ0n) is 13.8. The highest BCUT2D eigenvalue weighted by molar-refractivity contribution is 6.30. The van der Waals surface area contributed by atoms with Crippen molar-refractivity contribution in [2.45, 2.75) is 0 Å². The van der Waals surface area contributed by atoms with Crippen molar-refractivity contribution in [3.63, 3.8) is 0 Å². The van der Waals surface area contributed by atoms with Crippen LogP contribution in [0.1, 0.15) is 5.56 Å². The topological polar surface area (TPSA) is 95.1 Å². The van der Waals surface area contributed by atoms with Crippen LogP contribution in [0.5, 0.6) is 11.5 Å². The summed E-state index contributed by atoms with van der Waals surface area (Å²) in [5.41, 5.74) is 1.03. The molecule has 0 spiro atoms. The molecule has 0 aromatic heterocycles. The second-order valence-electron chi connectivity index (χ2n) is 4.99. The molecular weight excluding hydrogens is 354 g/mol. The molecule has 0 aliphatic rings. The summed E-state index contributed by atoms with van der Waals surface area (Å²) in [6.45, 7) is -0.113. The molecule has 0 saturated heterocycles. The number of halogens is 1. The molecule has 0 saturated carbocycles. The van der Waals surface area contributed by atoms with Crippen LogP contribution < -0.4 is 14.8 Å². The highest BCUT2D eigenvalue weighted by atomic mass is 35.5. The van der Waals surface area contributed by atoms with E-state index in [1.54, 1.807) is 42.5 Å². The number of benzene rings is 2. The summed E-state index contributed by atoms with van der Waals surface area (Å²) in [6, 6.07) is 15.2. The molecule has 0 bridgehead atoms. The molecule has 6 nitrogen and oxygen atoms in total. The Bertz CT molecular complexity index is 909. The summed E-state index contributed by atoms with van der Waals surface area (Å²) >= 11 is 5.80. The standard InChI is InChI=1S/C19H14ClN3O3/c1-25-18-11-13(2-7-17(18)26-9-8-21)10-14(12-22)19(24)23-16-5-3-15(20)4-6-16/h2-7,10-11H,9H2,1H3,(H,23,24)/b14-10-. The molecule has 7 heteroatoms.